The fourth-order valence-electron chi connectivity index (χ4n) is 2.65. The molecule has 5 nitrogen and oxygen atoms in total. The van der Waals surface area contributed by atoms with Gasteiger partial charge in [0.1, 0.15) is 11.6 Å². The van der Waals surface area contributed by atoms with Crippen LogP contribution in [-0.4, -0.2) is 48.3 Å². The van der Waals surface area contributed by atoms with E-state index in [2.05, 4.69) is 5.32 Å². The summed E-state index contributed by atoms with van der Waals surface area (Å²) in [5.41, 5.74) is 2.20. The van der Waals surface area contributed by atoms with Crippen LogP contribution in [0.4, 0.5) is 0 Å². The third kappa shape index (κ3) is 4.86. The quantitative estimate of drug-likeness (QED) is 0.836. The molecule has 1 aliphatic rings. The van der Waals surface area contributed by atoms with Crippen LogP contribution < -0.4 is 10.1 Å². The number of piperidine rings is 1. The molecule has 1 heterocycles. The Morgan fingerprint density at radius 3 is 2.65 bits per heavy atom. The Morgan fingerprint density at radius 2 is 2.00 bits per heavy atom. The Labute approximate surface area is 141 Å². The number of carbonyl (C=O) groups excluding carboxylic acids is 2. The number of carbonyl (C=O) groups is 2. The zero-order chi connectivity index (χ0) is 16.8. The maximum Gasteiger partial charge on any atom is 0.260 e. The van der Waals surface area contributed by atoms with Gasteiger partial charge in [0.25, 0.3) is 5.91 Å². The summed E-state index contributed by atoms with van der Waals surface area (Å²) in [5.74, 6) is 0.549. The molecule has 0 bridgehead atoms. The first-order valence-corrected chi connectivity index (χ1v) is 8.37. The minimum atomic E-state index is -0.158. The van der Waals surface area contributed by atoms with Gasteiger partial charge in [0, 0.05) is 19.1 Å². The molecule has 2 rings (SSSR count). The van der Waals surface area contributed by atoms with Gasteiger partial charge in [0.05, 0.1) is 0 Å². The van der Waals surface area contributed by atoms with Crippen molar-refractivity contribution in [2.24, 2.45) is 0 Å². The van der Waals surface area contributed by atoms with Crippen molar-refractivity contribution in [1.82, 2.24) is 10.2 Å². The molecule has 1 N–H and O–H groups in total. The van der Waals surface area contributed by atoms with Crippen molar-refractivity contribution in [3.8, 4) is 5.75 Å². The lowest BCUT2D eigenvalue weighted by Crippen LogP contribution is -2.47. The van der Waals surface area contributed by atoms with E-state index < -0.39 is 0 Å². The molecule has 0 atom stereocenters. The van der Waals surface area contributed by atoms with Crippen molar-refractivity contribution in [3.63, 3.8) is 0 Å². The van der Waals surface area contributed by atoms with Gasteiger partial charge in [0.15, 0.2) is 6.61 Å². The number of halogens is 1. The minimum Gasteiger partial charge on any atom is -0.483 e. The second-order valence-corrected chi connectivity index (χ2v) is 6.11. The summed E-state index contributed by atoms with van der Waals surface area (Å²) in [6.07, 6.45) is 1.50. The SMILES string of the molecule is Cc1cccc(OCC(=O)N2CCC(NC(=O)CCl)CC2)c1C. The Kier molecular flexibility index (Phi) is 6.28. The van der Waals surface area contributed by atoms with Crippen LogP contribution in [0.3, 0.4) is 0 Å². The highest BCUT2D eigenvalue weighted by Crippen LogP contribution is 2.20. The van der Waals surface area contributed by atoms with Crippen LogP contribution in [0.25, 0.3) is 0 Å². The summed E-state index contributed by atoms with van der Waals surface area (Å²) in [5, 5.41) is 2.86. The average molecular weight is 339 g/mol. The number of nitrogens with one attached hydrogen (secondary N) is 1. The van der Waals surface area contributed by atoms with Gasteiger partial charge in [-0.1, -0.05) is 12.1 Å². The predicted molar refractivity (Wildman–Crippen MR) is 89.9 cm³/mol. The number of hydrogen-bond donors (Lipinski definition) is 1. The molecular formula is C17H23ClN2O3. The van der Waals surface area contributed by atoms with Crippen LogP contribution in [0.15, 0.2) is 18.2 Å². The van der Waals surface area contributed by atoms with Gasteiger partial charge in [0.2, 0.25) is 5.91 Å². The van der Waals surface area contributed by atoms with Crippen molar-refractivity contribution >= 4 is 23.4 Å². The first kappa shape index (κ1) is 17.6. The first-order valence-electron chi connectivity index (χ1n) is 7.83. The highest BCUT2D eigenvalue weighted by atomic mass is 35.5. The number of rotatable bonds is 5. The van der Waals surface area contributed by atoms with Gasteiger partial charge in [-0.3, -0.25) is 9.59 Å². The molecule has 126 valence electrons. The van der Waals surface area contributed by atoms with Gasteiger partial charge in [-0.15, -0.1) is 11.6 Å². The first-order chi connectivity index (χ1) is 11.0. The molecule has 0 unspecified atom stereocenters. The van der Waals surface area contributed by atoms with Crippen molar-refractivity contribution in [1.29, 1.82) is 0 Å². The van der Waals surface area contributed by atoms with Gasteiger partial charge in [-0.2, -0.15) is 0 Å². The molecule has 0 aliphatic carbocycles. The second-order valence-electron chi connectivity index (χ2n) is 5.84. The number of amides is 2. The zero-order valence-corrected chi connectivity index (χ0v) is 14.4. The van der Waals surface area contributed by atoms with E-state index >= 15 is 0 Å². The number of aryl methyl sites for hydroxylation is 1. The van der Waals surface area contributed by atoms with Crippen LogP contribution in [-0.2, 0) is 9.59 Å². The Morgan fingerprint density at radius 1 is 1.30 bits per heavy atom. The number of nitrogens with zero attached hydrogens (tertiary/aromatic N) is 1. The predicted octanol–water partition coefficient (Wildman–Crippen LogP) is 2.03. The molecule has 6 heteroatoms. The highest BCUT2D eigenvalue weighted by Gasteiger charge is 2.24. The van der Waals surface area contributed by atoms with E-state index in [9.17, 15) is 9.59 Å². The smallest absolute Gasteiger partial charge is 0.260 e. The van der Waals surface area contributed by atoms with Gasteiger partial charge >= 0.3 is 0 Å². The summed E-state index contributed by atoms with van der Waals surface area (Å²) in [6.45, 7) is 5.30. The second kappa shape index (κ2) is 8.20. The van der Waals surface area contributed by atoms with Gasteiger partial charge in [-0.05, 0) is 43.9 Å². The van der Waals surface area contributed by atoms with Crippen molar-refractivity contribution in [2.45, 2.75) is 32.7 Å². The van der Waals surface area contributed by atoms with E-state index in [-0.39, 0.29) is 30.3 Å². The average Bonchev–Trinajstić information content (AvgIpc) is 2.56. The minimum absolute atomic E-state index is 0.0203. The third-order valence-electron chi connectivity index (χ3n) is 4.24. The van der Waals surface area contributed by atoms with Crippen molar-refractivity contribution in [2.75, 3.05) is 25.6 Å². The molecule has 23 heavy (non-hydrogen) atoms. The Balaban J connectivity index is 1.79. The summed E-state index contributed by atoms with van der Waals surface area (Å²) in [7, 11) is 0. The fraction of sp³-hybridized carbons (Fsp3) is 0.529. The lowest BCUT2D eigenvalue weighted by atomic mass is 10.1. The lowest BCUT2D eigenvalue weighted by molar-refractivity contribution is -0.134. The normalized spacial score (nSPS) is 15.3. The topological polar surface area (TPSA) is 58.6 Å². The number of likely N-dealkylation sites (tertiary alicyclic amines) is 1. The number of alkyl halides is 1. The molecule has 2 amide bonds. The molecule has 1 fully saturated rings. The maximum absolute atomic E-state index is 12.2. The van der Waals surface area contributed by atoms with Crippen LogP contribution in [0.1, 0.15) is 24.0 Å². The third-order valence-corrected chi connectivity index (χ3v) is 4.48. The zero-order valence-electron chi connectivity index (χ0n) is 13.6. The molecule has 1 aromatic carbocycles. The summed E-state index contributed by atoms with van der Waals surface area (Å²) in [6, 6.07) is 5.92. The summed E-state index contributed by atoms with van der Waals surface area (Å²) in [4.78, 5) is 25.3. The van der Waals surface area contributed by atoms with Gasteiger partial charge in [-0.25, -0.2) is 0 Å². The lowest BCUT2D eigenvalue weighted by Gasteiger charge is -2.32. The van der Waals surface area contributed by atoms with Crippen LogP contribution in [0, 0.1) is 13.8 Å². The van der Waals surface area contributed by atoms with Crippen molar-refractivity contribution < 1.29 is 14.3 Å². The molecule has 0 spiro atoms. The maximum atomic E-state index is 12.2. The van der Waals surface area contributed by atoms with Gasteiger partial charge < -0.3 is 15.0 Å². The molecule has 0 saturated carbocycles. The van der Waals surface area contributed by atoms with E-state index in [0.717, 1.165) is 29.7 Å². The molecule has 1 saturated heterocycles. The van der Waals surface area contributed by atoms with Crippen molar-refractivity contribution in [3.05, 3.63) is 29.3 Å². The molecule has 1 aromatic rings. The van der Waals surface area contributed by atoms with Crippen LogP contribution in [0.5, 0.6) is 5.75 Å². The van der Waals surface area contributed by atoms with Crippen LogP contribution >= 0.6 is 11.6 Å². The number of hydrogen-bond acceptors (Lipinski definition) is 3. The summed E-state index contributed by atoms with van der Waals surface area (Å²) < 4.78 is 5.66. The van der Waals surface area contributed by atoms with E-state index in [0.29, 0.717) is 13.1 Å². The monoisotopic (exact) mass is 338 g/mol. The summed E-state index contributed by atoms with van der Waals surface area (Å²) >= 11 is 5.48. The Hall–Kier alpha value is -1.75. The fourth-order valence-corrected chi connectivity index (χ4v) is 2.73. The van der Waals surface area contributed by atoms with E-state index in [4.69, 9.17) is 16.3 Å². The van der Waals surface area contributed by atoms with E-state index in [1.54, 1.807) is 4.90 Å². The highest BCUT2D eigenvalue weighted by molar-refractivity contribution is 6.27. The van der Waals surface area contributed by atoms with Crippen LogP contribution in [0.2, 0.25) is 0 Å². The molecular weight excluding hydrogens is 316 g/mol. The molecule has 0 aromatic heterocycles. The molecule has 0 radical (unpaired) electrons. The number of benzene rings is 1. The van der Waals surface area contributed by atoms with E-state index in [1.165, 1.54) is 0 Å². The standard InChI is InChI=1S/C17H23ClN2O3/c1-12-4-3-5-15(13(12)2)23-11-17(22)20-8-6-14(7-9-20)19-16(21)10-18/h3-5,14H,6-11H2,1-2H3,(H,19,21). The van der Waals surface area contributed by atoms with E-state index in [1.807, 2.05) is 32.0 Å². The number of ether oxygens (including phenoxy) is 1. The Bertz CT molecular complexity index is 569. The molecule has 1 aliphatic heterocycles. The largest absolute Gasteiger partial charge is 0.483 e.